The molecule has 1 aromatic heterocycles. The SMILES string of the molecule is O=c1oc2ccccc2c(O)c1-c1ccc2ccccc2c1. The van der Waals surface area contributed by atoms with Crippen molar-refractivity contribution in [2.45, 2.75) is 0 Å². The molecule has 3 heteroatoms. The normalized spacial score (nSPS) is 11.1. The van der Waals surface area contributed by atoms with Gasteiger partial charge in [-0.1, -0.05) is 48.5 Å². The van der Waals surface area contributed by atoms with Crippen LogP contribution in [0, 0.1) is 0 Å². The van der Waals surface area contributed by atoms with Crippen LogP contribution >= 0.6 is 0 Å². The van der Waals surface area contributed by atoms with Crippen LogP contribution in [0.4, 0.5) is 0 Å². The van der Waals surface area contributed by atoms with Crippen molar-refractivity contribution in [3.8, 4) is 16.9 Å². The lowest BCUT2D eigenvalue weighted by molar-refractivity contribution is 0.471. The Hall–Kier alpha value is -3.07. The van der Waals surface area contributed by atoms with Crippen molar-refractivity contribution in [2.75, 3.05) is 0 Å². The number of hydrogen-bond acceptors (Lipinski definition) is 3. The summed E-state index contributed by atoms with van der Waals surface area (Å²) in [5, 5.41) is 13.1. The molecule has 0 aliphatic rings. The molecule has 4 rings (SSSR count). The van der Waals surface area contributed by atoms with E-state index < -0.39 is 5.63 Å². The van der Waals surface area contributed by atoms with Crippen molar-refractivity contribution in [1.29, 1.82) is 0 Å². The molecule has 0 saturated carbocycles. The molecule has 0 fully saturated rings. The average molecular weight is 288 g/mol. The third-order valence-electron chi connectivity index (χ3n) is 3.82. The summed E-state index contributed by atoms with van der Waals surface area (Å²) < 4.78 is 5.32. The Morgan fingerprint density at radius 1 is 0.818 bits per heavy atom. The van der Waals surface area contributed by atoms with Gasteiger partial charge in [0.05, 0.1) is 5.39 Å². The monoisotopic (exact) mass is 288 g/mol. The third kappa shape index (κ3) is 1.87. The fourth-order valence-electron chi connectivity index (χ4n) is 2.73. The van der Waals surface area contributed by atoms with Crippen molar-refractivity contribution >= 4 is 21.7 Å². The van der Waals surface area contributed by atoms with E-state index in [-0.39, 0.29) is 11.3 Å². The van der Waals surface area contributed by atoms with E-state index in [4.69, 9.17) is 4.42 Å². The van der Waals surface area contributed by atoms with Crippen LogP contribution in [0.2, 0.25) is 0 Å². The van der Waals surface area contributed by atoms with Gasteiger partial charge in [-0.05, 0) is 34.5 Å². The van der Waals surface area contributed by atoms with E-state index in [1.165, 1.54) is 0 Å². The molecule has 22 heavy (non-hydrogen) atoms. The first kappa shape index (κ1) is 12.7. The van der Waals surface area contributed by atoms with Gasteiger partial charge < -0.3 is 9.52 Å². The Labute approximate surface area is 126 Å². The number of hydrogen-bond donors (Lipinski definition) is 1. The second-order valence-corrected chi connectivity index (χ2v) is 5.17. The number of fused-ring (bicyclic) bond motifs is 2. The molecule has 1 heterocycles. The van der Waals surface area contributed by atoms with Crippen LogP contribution in [0.3, 0.4) is 0 Å². The zero-order valence-electron chi connectivity index (χ0n) is 11.6. The van der Waals surface area contributed by atoms with Gasteiger partial charge in [0.25, 0.3) is 0 Å². The van der Waals surface area contributed by atoms with Gasteiger partial charge in [-0.2, -0.15) is 0 Å². The van der Waals surface area contributed by atoms with Crippen molar-refractivity contribution in [1.82, 2.24) is 0 Å². The van der Waals surface area contributed by atoms with Gasteiger partial charge in [-0.25, -0.2) is 4.79 Å². The van der Waals surface area contributed by atoms with E-state index in [2.05, 4.69) is 0 Å². The lowest BCUT2D eigenvalue weighted by atomic mass is 10.0. The summed E-state index contributed by atoms with van der Waals surface area (Å²) in [5.74, 6) is -0.0397. The molecule has 4 aromatic rings. The zero-order valence-corrected chi connectivity index (χ0v) is 11.6. The molecule has 3 aromatic carbocycles. The Kier molecular flexibility index (Phi) is 2.73. The van der Waals surface area contributed by atoms with Crippen LogP contribution in [0.1, 0.15) is 0 Å². The molecule has 0 unspecified atom stereocenters. The molecule has 0 atom stereocenters. The Bertz CT molecular complexity index is 1060. The maximum atomic E-state index is 12.3. The highest BCUT2D eigenvalue weighted by Crippen LogP contribution is 2.34. The quantitative estimate of drug-likeness (QED) is 0.531. The summed E-state index contributed by atoms with van der Waals surface area (Å²) in [6.45, 7) is 0. The van der Waals surface area contributed by atoms with E-state index in [1.807, 2.05) is 42.5 Å². The summed E-state index contributed by atoms with van der Waals surface area (Å²) in [5.41, 5.74) is 0.696. The predicted octanol–water partition coefficient (Wildman–Crippen LogP) is 4.32. The second-order valence-electron chi connectivity index (χ2n) is 5.17. The maximum absolute atomic E-state index is 12.3. The average Bonchev–Trinajstić information content (AvgIpc) is 2.55. The van der Waals surface area contributed by atoms with E-state index in [1.54, 1.807) is 24.3 Å². The van der Waals surface area contributed by atoms with Crippen LogP contribution in [0.15, 0.2) is 75.9 Å². The Morgan fingerprint density at radius 2 is 1.55 bits per heavy atom. The molecule has 0 bridgehead atoms. The Balaban J connectivity index is 2.05. The minimum Gasteiger partial charge on any atom is -0.506 e. The maximum Gasteiger partial charge on any atom is 0.347 e. The number of para-hydroxylation sites is 1. The van der Waals surface area contributed by atoms with Gasteiger partial charge in [0.15, 0.2) is 0 Å². The van der Waals surface area contributed by atoms with Gasteiger partial charge in [0.2, 0.25) is 0 Å². The summed E-state index contributed by atoms with van der Waals surface area (Å²) in [7, 11) is 0. The van der Waals surface area contributed by atoms with Crippen LogP contribution in [0.5, 0.6) is 5.75 Å². The van der Waals surface area contributed by atoms with Gasteiger partial charge in [-0.15, -0.1) is 0 Å². The van der Waals surface area contributed by atoms with E-state index in [0.29, 0.717) is 16.5 Å². The summed E-state index contributed by atoms with van der Waals surface area (Å²) in [6, 6.07) is 20.5. The van der Waals surface area contributed by atoms with Crippen molar-refractivity contribution in [3.05, 3.63) is 77.2 Å². The minimum atomic E-state index is -0.536. The molecule has 0 radical (unpaired) electrons. The van der Waals surface area contributed by atoms with Crippen LogP contribution < -0.4 is 5.63 Å². The first-order valence-electron chi connectivity index (χ1n) is 6.98. The van der Waals surface area contributed by atoms with Gasteiger partial charge in [0.1, 0.15) is 16.9 Å². The molecule has 1 N–H and O–H groups in total. The standard InChI is InChI=1S/C19H12O3/c20-18-15-7-3-4-8-16(15)22-19(21)17(18)14-10-9-12-5-1-2-6-13(12)11-14/h1-11,20H. The molecule has 0 aliphatic heterocycles. The lowest BCUT2D eigenvalue weighted by Crippen LogP contribution is -2.03. The topological polar surface area (TPSA) is 50.4 Å². The van der Waals surface area contributed by atoms with Crippen LogP contribution in [0.25, 0.3) is 32.9 Å². The van der Waals surface area contributed by atoms with Crippen molar-refractivity contribution < 1.29 is 9.52 Å². The fraction of sp³-hybridized carbons (Fsp3) is 0. The number of rotatable bonds is 1. The molecular formula is C19H12O3. The molecule has 0 amide bonds. The highest BCUT2D eigenvalue weighted by Gasteiger charge is 2.15. The lowest BCUT2D eigenvalue weighted by Gasteiger charge is -2.07. The van der Waals surface area contributed by atoms with Crippen LogP contribution in [-0.2, 0) is 0 Å². The Morgan fingerprint density at radius 3 is 2.41 bits per heavy atom. The van der Waals surface area contributed by atoms with Gasteiger partial charge in [-0.3, -0.25) is 0 Å². The van der Waals surface area contributed by atoms with E-state index >= 15 is 0 Å². The highest BCUT2D eigenvalue weighted by molar-refractivity contribution is 5.93. The second kappa shape index (κ2) is 4.74. The summed E-state index contributed by atoms with van der Waals surface area (Å²) in [6.07, 6.45) is 0. The minimum absolute atomic E-state index is 0.0397. The van der Waals surface area contributed by atoms with E-state index in [9.17, 15) is 9.90 Å². The first-order valence-corrected chi connectivity index (χ1v) is 6.98. The van der Waals surface area contributed by atoms with Crippen molar-refractivity contribution in [2.24, 2.45) is 0 Å². The van der Waals surface area contributed by atoms with Gasteiger partial charge >= 0.3 is 5.63 Å². The van der Waals surface area contributed by atoms with Crippen LogP contribution in [-0.4, -0.2) is 5.11 Å². The molecule has 106 valence electrons. The van der Waals surface area contributed by atoms with Gasteiger partial charge in [0, 0.05) is 0 Å². The third-order valence-corrected chi connectivity index (χ3v) is 3.82. The molecule has 0 spiro atoms. The number of benzene rings is 3. The molecule has 0 saturated heterocycles. The zero-order chi connectivity index (χ0) is 15.1. The van der Waals surface area contributed by atoms with E-state index in [0.717, 1.165) is 10.8 Å². The summed E-state index contributed by atoms with van der Waals surface area (Å²) in [4.78, 5) is 12.3. The predicted molar refractivity (Wildman–Crippen MR) is 87.1 cm³/mol. The first-order chi connectivity index (χ1) is 10.7. The van der Waals surface area contributed by atoms with Crippen molar-refractivity contribution in [3.63, 3.8) is 0 Å². The molecule has 0 aliphatic carbocycles. The largest absolute Gasteiger partial charge is 0.506 e. The molecule has 3 nitrogen and oxygen atoms in total. The number of aromatic hydroxyl groups is 1. The fourth-order valence-corrected chi connectivity index (χ4v) is 2.73. The smallest absolute Gasteiger partial charge is 0.347 e. The molecular weight excluding hydrogens is 276 g/mol. The highest BCUT2D eigenvalue weighted by atomic mass is 16.4. The summed E-state index contributed by atoms with van der Waals surface area (Å²) >= 11 is 0.